The minimum absolute atomic E-state index is 0.0513. The number of hydrogen-bond donors (Lipinski definition) is 2. The van der Waals surface area contributed by atoms with Gasteiger partial charge < -0.3 is 5.11 Å². The van der Waals surface area contributed by atoms with Gasteiger partial charge in [-0.05, 0) is 18.6 Å². The molecule has 0 aliphatic rings. The van der Waals surface area contributed by atoms with Gasteiger partial charge in [0.25, 0.3) is 0 Å². The molecule has 0 saturated carbocycles. The minimum Gasteiger partial charge on any atom is -0.480 e. The van der Waals surface area contributed by atoms with Crippen LogP contribution >= 0.6 is 23.2 Å². The van der Waals surface area contributed by atoms with Crippen LogP contribution in [-0.4, -0.2) is 25.5 Å². The van der Waals surface area contributed by atoms with E-state index in [9.17, 15) is 13.2 Å². The molecule has 20 heavy (non-hydrogen) atoms. The summed E-state index contributed by atoms with van der Waals surface area (Å²) in [6, 6.07) is 3.07. The largest absolute Gasteiger partial charge is 0.480 e. The second-order valence-corrected chi connectivity index (χ2v) is 6.67. The first-order valence-corrected chi connectivity index (χ1v) is 8.22. The third-order valence-corrected chi connectivity index (χ3v) is 5.06. The number of halogens is 2. The molecule has 2 N–H and O–H groups in total. The van der Waals surface area contributed by atoms with Gasteiger partial charge in [0.05, 0.1) is 10.0 Å². The van der Waals surface area contributed by atoms with E-state index < -0.39 is 22.0 Å². The average Bonchev–Trinajstić information content (AvgIpc) is 2.33. The van der Waals surface area contributed by atoms with Crippen LogP contribution in [0.2, 0.25) is 10.0 Å². The van der Waals surface area contributed by atoms with Crippen molar-refractivity contribution in [3.05, 3.63) is 28.2 Å². The summed E-state index contributed by atoms with van der Waals surface area (Å²) in [4.78, 5) is 10.8. The van der Waals surface area contributed by atoms with Gasteiger partial charge in [-0.3, -0.25) is 4.79 Å². The van der Waals surface area contributed by atoms with Crippen LogP contribution in [0.4, 0.5) is 0 Å². The van der Waals surface area contributed by atoms with E-state index in [0.717, 1.165) is 6.42 Å². The fraction of sp³-hybridized carbons (Fsp3) is 0.417. The zero-order valence-corrected chi connectivity index (χ0v) is 13.1. The Bertz CT molecular complexity index is 569. The van der Waals surface area contributed by atoms with Gasteiger partial charge in [-0.1, -0.05) is 49.0 Å². The maximum absolute atomic E-state index is 12.2. The van der Waals surface area contributed by atoms with Gasteiger partial charge in [-0.15, -0.1) is 0 Å². The topological polar surface area (TPSA) is 83.5 Å². The zero-order valence-electron chi connectivity index (χ0n) is 10.8. The van der Waals surface area contributed by atoms with E-state index in [1.54, 1.807) is 0 Å². The van der Waals surface area contributed by atoms with Crippen LogP contribution in [0.15, 0.2) is 23.1 Å². The Hall–Kier alpha value is -0.820. The molecule has 8 heteroatoms. The molecule has 0 saturated heterocycles. The van der Waals surface area contributed by atoms with Crippen molar-refractivity contribution in [3.63, 3.8) is 0 Å². The van der Waals surface area contributed by atoms with Crippen molar-refractivity contribution in [2.75, 3.05) is 0 Å². The molecule has 0 fully saturated rings. The lowest BCUT2D eigenvalue weighted by Gasteiger charge is -2.15. The van der Waals surface area contributed by atoms with E-state index in [4.69, 9.17) is 28.3 Å². The van der Waals surface area contributed by atoms with E-state index in [1.807, 2.05) is 6.92 Å². The third-order valence-electron chi connectivity index (χ3n) is 2.63. The van der Waals surface area contributed by atoms with Gasteiger partial charge in [0.2, 0.25) is 10.0 Å². The third kappa shape index (κ3) is 4.34. The lowest BCUT2D eigenvalue weighted by molar-refractivity contribution is -0.139. The van der Waals surface area contributed by atoms with E-state index in [0.29, 0.717) is 6.42 Å². The first-order chi connectivity index (χ1) is 9.29. The predicted molar refractivity (Wildman–Crippen MR) is 77.7 cm³/mol. The van der Waals surface area contributed by atoms with Gasteiger partial charge in [-0.2, -0.15) is 4.72 Å². The lowest BCUT2D eigenvalue weighted by Crippen LogP contribution is -2.40. The molecule has 0 aliphatic carbocycles. The first-order valence-electron chi connectivity index (χ1n) is 5.98. The number of hydrogen-bond acceptors (Lipinski definition) is 3. The average molecular weight is 340 g/mol. The summed E-state index contributed by atoms with van der Waals surface area (Å²) in [5, 5.41) is 8.95. The molecular weight excluding hydrogens is 325 g/mol. The highest BCUT2D eigenvalue weighted by molar-refractivity contribution is 7.89. The molecule has 0 aliphatic heterocycles. The van der Waals surface area contributed by atoms with Crippen LogP contribution in [0.1, 0.15) is 26.2 Å². The number of nitrogens with one attached hydrogen (secondary N) is 1. The Morgan fingerprint density at radius 3 is 2.35 bits per heavy atom. The summed E-state index contributed by atoms with van der Waals surface area (Å²) in [6.07, 6.45) is 1.56. The number of sulfonamides is 1. The van der Waals surface area contributed by atoms with Crippen LogP contribution in [-0.2, 0) is 14.8 Å². The molecule has 1 aromatic rings. The summed E-state index contributed by atoms with van der Waals surface area (Å²) in [6.45, 7) is 1.89. The molecule has 5 nitrogen and oxygen atoms in total. The Kier molecular flexibility index (Phi) is 6.26. The number of unbranched alkanes of at least 4 members (excludes halogenated alkanes) is 1. The summed E-state index contributed by atoms with van der Waals surface area (Å²) < 4.78 is 26.5. The summed E-state index contributed by atoms with van der Waals surface area (Å²) >= 11 is 11.7. The normalized spacial score (nSPS) is 13.2. The molecule has 0 bridgehead atoms. The number of benzene rings is 1. The van der Waals surface area contributed by atoms with Gasteiger partial charge in [0, 0.05) is 0 Å². The van der Waals surface area contributed by atoms with Crippen LogP contribution in [0.5, 0.6) is 0 Å². The van der Waals surface area contributed by atoms with Gasteiger partial charge in [0.15, 0.2) is 0 Å². The van der Waals surface area contributed by atoms with E-state index >= 15 is 0 Å². The molecule has 0 radical (unpaired) electrons. The van der Waals surface area contributed by atoms with E-state index in [-0.39, 0.29) is 21.4 Å². The van der Waals surface area contributed by atoms with Gasteiger partial charge in [-0.25, -0.2) is 8.42 Å². The SMILES string of the molecule is CCCCC(NS(=O)(=O)c1c(Cl)cccc1Cl)C(=O)O. The molecule has 1 aromatic carbocycles. The molecule has 1 atom stereocenters. The molecule has 0 heterocycles. The number of rotatable bonds is 7. The van der Waals surface area contributed by atoms with Crippen LogP contribution in [0.3, 0.4) is 0 Å². The molecule has 1 rings (SSSR count). The van der Waals surface area contributed by atoms with E-state index in [1.165, 1.54) is 18.2 Å². The first kappa shape index (κ1) is 17.2. The van der Waals surface area contributed by atoms with Crippen molar-refractivity contribution in [1.29, 1.82) is 0 Å². The summed E-state index contributed by atoms with van der Waals surface area (Å²) in [7, 11) is -4.09. The van der Waals surface area contributed by atoms with Gasteiger partial charge >= 0.3 is 5.97 Å². The monoisotopic (exact) mass is 339 g/mol. The fourth-order valence-electron chi connectivity index (χ4n) is 1.63. The molecule has 0 amide bonds. The maximum Gasteiger partial charge on any atom is 0.321 e. The van der Waals surface area contributed by atoms with Crippen molar-refractivity contribution < 1.29 is 18.3 Å². The number of carboxylic acids is 1. The Morgan fingerprint density at radius 1 is 1.35 bits per heavy atom. The van der Waals surface area contributed by atoms with Crippen LogP contribution < -0.4 is 4.72 Å². The Labute approximate surface area is 127 Å². The van der Waals surface area contributed by atoms with Crippen molar-refractivity contribution >= 4 is 39.2 Å². The standard InChI is InChI=1S/C12H15Cl2NO4S/c1-2-3-7-10(12(16)17)15-20(18,19)11-8(13)5-4-6-9(11)14/h4-6,10,15H,2-3,7H2,1H3,(H,16,17). The number of carbonyl (C=O) groups is 1. The summed E-state index contributed by atoms with van der Waals surface area (Å²) in [5.74, 6) is -1.23. The maximum atomic E-state index is 12.2. The molecular formula is C12H15Cl2NO4S. The van der Waals surface area contributed by atoms with E-state index in [2.05, 4.69) is 4.72 Å². The minimum atomic E-state index is -4.09. The molecule has 0 aromatic heterocycles. The van der Waals surface area contributed by atoms with Crippen molar-refractivity contribution in [3.8, 4) is 0 Å². The highest BCUT2D eigenvalue weighted by Gasteiger charge is 2.28. The zero-order chi connectivity index (χ0) is 15.3. The highest BCUT2D eigenvalue weighted by Crippen LogP contribution is 2.29. The lowest BCUT2D eigenvalue weighted by atomic mass is 10.1. The smallest absolute Gasteiger partial charge is 0.321 e. The van der Waals surface area contributed by atoms with Crippen LogP contribution in [0.25, 0.3) is 0 Å². The fourth-order valence-corrected chi connectivity index (χ4v) is 3.99. The number of aliphatic carboxylic acids is 1. The summed E-state index contributed by atoms with van der Waals surface area (Å²) in [5.41, 5.74) is 0. The highest BCUT2D eigenvalue weighted by atomic mass is 35.5. The Balaban J connectivity index is 3.07. The van der Waals surface area contributed by atoms with Crippen molar-refractivity contribution in [1.82, 2.24) is 4.72 Å². The van der Waals surface area contributed by atoms with Crippen molar-refractivity contribution in [2.45, 2.75) is 37.1 Å². The molecule has 112 valence electrons. The number of carboxylic acid groups (broad SMARTS) is 1. The van der Waals surface area contributed by atoms with Gasteiger partial charge in [0.1, 0.15) is 10.9 Å². The van der Waals surface area contributed by atoms with Crippen molar-refractivity contribution in [2.24, 2.45) is 0 Å². The quantitative estimate of drug-likeness (QED) is 0.799. The second kappa shape index (κ2) is 7.26. The predicted octanol–water partition coefficient (Wildman–Crippen LogP) is 2.92. The van der Waals surface area contributed by atoms with Crippen LogP contribution in [0, 0.1) is 0 Å². The Morgan fingerprint density at radius 2 is 1.90 bits per heavy atom. The molecule has 0 spiro atoms. The molecule has 1 unspecified atom stereocenters. The second-order valence-electron chi connectivity index (χ2n) is 4.21.